The zero-order chi connectivity index (χ0) is 26.5. The van der Waals surface area contributed by atoms with Crippen molar-refractivity contribution in [1.82, 2.24) is 0 Å². The smallest absolute Gasteiger partial charge is 0.159 e. The Hall–Kier alpha value is -5.34. The van der Waals surface area contributed by atoms with Gasteiger partial charge < -0.3 is 9.32 Å². The van der Waals surface area contributed by atoms with E-state index >= 15 is 0 Å². The van der Waals surface area contributed by atoms with Crippen molar-refractivity contribution in [2.24, 2.45) is 0 Å². The van der Waals surface area contributed by atoms with E-state index in [4.69, 9.17) is 4.42 Å². The minimum Gasteiger partial charge on any atom is -0.453 e. The molecular weight excluding hydrogens is 486 g/mol. The summed E-state index contributed by atoms with van der Waals surface area (Å²) in [6.45, 7) is 0. The molecule has 0 radical (unpaired) electrons. The lowest BCUT2D eigenvalue weighted by atomic mass is 10.0. The van der Waals surface area contributed by atoms with E-state index in [0.29, 0.717) is 0 Å². The van der Waals surface area contributed by atoms with E-state index < -0.39 is 0 Å². The second kappa shape index (κ2) is 9.14. The highest BCUT2D eigenvalue weighted by molar-refractivity contribution is 6.17. The summed E-state index contributed by atoms with van der Waals surface area (Å²) >= 11 is 0. The van der Waals surface area contributed by atoms with Gasteiger partial charge in [0.25, 0.3) is 0 Å². The number of para-hydroxylation sites is 2. The van der Waals surface area contributed by atoms with Crippen LogP contribution < -0.4 is 4.90 Å². The van der Waals surface area contributed by atoms with Gasteiger partial charge in [-0.25, -0.2) is 0 Å². The first-order chi connectivity index (χ1) is 19.8. The first-order valence-electron chi connectivity index (χ1n) is 13.6. The van der Waals surface area contributed by atoms with Crippen molar-refractivity contribution in [3.05, 3.63) is 152 Å². The molecule has 0 saturated heterocycles. The maximum absolute atomic E-state index is 6.81. The summed E-state index contributed by atoms with van der Waals surface area (Å²) in [6.07, 6.45) is 0. The lowest BCUT2D eigenvalue weighted by Gasteiger charge is -2.28. The average Bonchev–Trinajstić information content (AvgIpc) is 3.42. The predicted octanol–water partition coefficient (Wildman–Crippen LogP) is 11.0. The minimum atomic E-state index is 0.880. The van der Waals surface area contributed by atoms with Gasteiger partial charge in [0.1, 0.15) is 5.58 Å². The number of rotatable bonds is 4. The topological polar surface area (TPSA) is 16.4 Å². The van der Waals surface area contributed by atoms with Crippen molar-refractivity contribution >= 4 is 60.5 Å². The van der Waals surface area contributed by atoms with Crippen molar-refractivity contribution in [2.75, 3.05) is 4.90 Å². The Morgan fingerprint density at radius 1 is 0.400 bits per heavy atom. The highest BCUT2D eigenvalue weighted by Crippen LogP contribution is 2.46. The molecule has 0 unspecified atom stereocenters. The molecule has 1 aromatic heterocycles. The van der Waals surface area contributed by atoms with Gasteiger partial charge in [-0.3, -0.25) is 0 Å². The number of hydrogen-bond acceptors (Lipinski definition) is 2. The van der Waals surface area contributed by atoms with Crippen LogP contribution in [0.4, 0.5) is 17.1 Å². The lowest BCUT2D eigenvalue weighted by Crippen LogP contribution is -2.11. The fourth-order valence-corrected chi connectivity index (χ4v) is 5.94. The number of furan rings is 1. The Labute approximate surface area is 232 Å². The first-order valence-corrected chi connectivity index (χ1v) is 13.6. The minimum absolute atomic E-state index is 0.880. The monoisotopic (exact) mass is 511 g/mol. The summed E-state index contributed by atoms with van der Waals surface area (Å²) in [7, 11) is 0. The molecule has 2 nitrogen and oxygen atoms in total. The molecule has 0 spiro atoms. The number of anilines is 3. The van der Waals surface area contributed by atoms with Gasteiger partial charge in [0.2, 0.25) is 0 Å². The molecule has 7 aromatic carbocycles. The standard InChI is InChI=1S/C38H25NO/c1-2-12-27(13-3-1)31-16-8-9-19-35(31)39(30-23-21-26-11-4-5-15-29(26)25-30)36-20-10-18-33-34-24-22-28-14-6-7-17-32(28)37(34)40-38(33)36/h1-25H. The second-order valence-electron chi connectivity index (χ2n) is 10.2. The van der Waals surface area contributed by atoms with Crippen LogP contribution in [0.15, 0.2) is 156 Å². The molecule has 1 heterocycles. The quantitative estimate of drug-likeness (QED) is 0.234. The van der Waals surface area contributed by atoms with E-state index in [1.807, 2.05) is 0 Å². The van der Waals surface area contributed by atoms with Crippen LogP contribution in [0.2, 0.25) is 0 Å². The molecular formula is C38H25NO. The van der Waals surface area contributed by atoms with E-state index in [1.165, 1.54) is 21.7 Å². The molecule has 8 aromatic rings. The van der Waals surface area contributed by atoms with Crippen LogP contribution in [-0.4, -0.2) is 0 Å². The number of fused-ring (bicyclic) bond motifs is 6. The predicted molar refractivity (Wildman–Crippen MR) is 169 cm³/mol. The lowest BCUT2D eigenvalue weighted by molar-refractivity contribution is 0.673. The Kier molecular flexibility index (Phi) is 5.17. The van der Waals surface area contributed by atoms with E-state index in [-0.39, 0.29) is 0 Å². The Morgan fingerprint density at radius 3 is 1.95 bits per heavy atom. The first kappa shape index (κ1) is 22.6. The third-order valence-corrected chi connectivity index (χ3v) is 7.83. The fourth-order valence-electron chi connectivity index (χ4n) is 5.94. The van der Waals surface area contributed by atoms with Crippen molar-refractivity contribution in [2.45, 2.75) is 0 Å². The molecule has 8 rings (SSSR count). The van der Waals surface area contributed by atoms with Crippen molar-refractivity contribution in [3.63, 3.8) is 0 Å². The van der Waals surface area contributed by atoms with Gasteiger partial charge in [0.05, 0.1) is 11.4 Å². The maximum Gasteiger partial charge on any atom is 0.159 e. The van der Waals surface area contributed by atoms with Gasteiger partial charge in [-0.2, -0.15) is 0 Å². The molecule has 0 atom stereocenters. The fraction of sp³-hybridized carbons (Fsp3) is 0. The molecule has 0 N–H and O–H groups in total. The second-order valence-corrected chi connectivity index (χ2v) is 10.2. The average molecular weight is 512 g/mol. The Morgan fingerprint density at radius 2 is 1.05 bits per heavy atom. The number of benzene rings is 7. The van der Waals surface area contributed by atoms with Crippen LogP contribution >= 0.6 is 0 Å². The van der Waals surface area contributed by atoms with E-state index in [2.05, 4.69) is 157 Å². The molecule has 0 amide bonds. The van der Waals surface area contributed by atoms with Crippen LogP contribution in [0, 0.1) is 0 Å². The molecule has 0 fully saturated rings. The summed E-state index contributed by atoms with van der Waals surface area (Å²) < 4.78 is 6.81. The third-order valence-electron chi connectivity index (χ3n) is 7.83. The number of nitrogens with zero attached hydrogens (tertiary/aromatic N) is 1. The molecule has 0 aliphatic carbocycles. The summed E-state index contributed by atoms with van der Waals surface area (Å²) in [5.41, 5.74) is 7.33. The summed E-state index contributed by atoms with van der Waals surface area (Å²) in [6, 6.07) is 53.7. The van der Waals surface area contributed by atoms with E-state index in [9.17, 15) is 0 Å². The molecule has 40 heavy (non-hydrogen) atoms. The largest absolute Gasteiger partial charge is 0.453 e. The molecule has 2 heteroatoms. The van der Waals surface area contributed by atoms with Crippen LogP contribution in [0.1, 0.15) is 0 Å². The van der Waals surface area contributed by atoms with Gasteiger partial charge in [-0.05, 0) is 52.1 Å². The summed E-state index contributed by atoms with van der Waals surface area (Å²) in [5.74, 6) is 0. The zero-order valence-electron chi connectivity index (χ0n) is 21.8. The van der Waals surface area contributed by atoms with Crippen molar-refractivity contribution in [1.29, 1.82) is 0 Å². The van der Waals surface area contributed by atoms with Crippen LogP contribution in [0.5, 0.6) is 0 Å². The van der Waals surface area contributed by atoms with Gasteiger partial charge in [-0.1, -0.05) is 121 Å². The summed E-state index contributed by atoms with van der Waals surface area (Å²) in [4.78, 5) is 2.35. The van der Waals surface area contributed by atoms with Crippen LogP contribution in [0.25, 0.3) is 54.6 Å². The SMILES string of the molecule is c1ccc(-c2ccccc2N(c2ccc3ccccc3c2)c2cccc3c2oc2c4ccccc4ccc32)cc1. The van der Waals surface area contributed by atoms with Crippen molar-refractivity contribution in [3.8, 4) is 11.1 Å². The van der Waals surface area contributed by atoms with Crippen molar-refractivity contribution < 1.29 is 4.42 Å². The molecule has 0 saturated carbocycles. The van der Waals surface area contributed by atoms with E-state index in [0.717, 1.165) is 50.0 Å². The van der Waals surface area contributed by atoms with Gasteiger partial charge in [-0.15, -0.1) is 0 Å². The Bertz CT molecular complexity index is 2170. The van der Waals surface area contributed by atoms with Gasteiger partial charge in [0, 0.05) is 27.4 Å². The highest BCUT2D eigenvalue weighted by atomic mass is 16.3. The third kappa shape index (κ3) is 3.58. The summed E-state index contributed by atoms with van der Waals surface area (Å²) in [5, 5.41) is 6.97. The number of hydrogen-bond donors (Lipinski definition) is 0. The van der Waals surface area contributed by atoms with E-state index in [1.54, 1.807) is 0 Å². The molecule has 0 aliphatic heterocycles. The van der Waals surface area contributed by atoms with Gasteiger partial charge >= 0.3 is 0 Å². The Balaban J connectivity index is 1.45. The molecule has 0 bridgehead atoms. The van der Waals surface area contributed by atoms with Crippen LogP contribution in [-0.2, 0) is 0 Å². The molecule has 188 valence electrons. The maximum atomic E-state index is 6.81. The van der Waals surface area contributed by atoms with Crippen LogP contribution in [0.3, 0.4) is 0 Å². The zero-order valence-corrected chi connectivity index (χ0v) is 21.8. The van der Waals surface area contributed by atoms with Gasteiger partial charge in [0.15, 0.2) is 5.58 Å². The highest BCUT2D eigenvalue weighted by Gasteiger charge is 2.22. The normalized spacial score (nSPS) is 11.5. The molecule has 0 aliphatic rings.